The first-order chi connectivity index (χ1) is 16.5. The number of carbonyl (C=O) groups excluding carboxylic acids is 2. The lowest BCUT2D eigenvalue weighted by Gasteiger charge is -2.53. The molecule has 0 bridgehead atoms. The Kier molecular flexibility index (Phi) is 10.5. The van der Waals surface area contributed by atoms with Crippen LogP contribution in [0.1, 0.15) is 120 Å². The van der Waals surface area contributed by atoms with Crippen LogP contribution in [0.15, 0.2) is 0 Å². The average Bonchev–Trinajstić information content (AvgIpc) is 2.75. The fourth-order valence-corrected chi connectivity index (χ4v) is 6.57. The fourth-order valence-electron chi connectivity index (χ4n) is 6.57. The van der Waals surface area contributed by atoms with Crippen molar-refractivity contribution in [1.29, 1.82) is 0 Å². The Morgan fingerprint density at radius 1 is 0.556 bits per heavy atom. The maximum atomic E-state index is 12.7. The molecule has 0 aromatic rings. The zero-order valence-electron chi connectivity index (χ0n) is 25.2. The standard InChI is InChI=1S/C30H56N2O4/c1-27(2)19-23(20-28(3,4)31(27)9)25(33)35-17-15-13-11-12-14-16-18-36-26(34)24-21-29(5,6)32(10)30(7,8)22-24/h23-24H,11-22H2,1-10H3. The maximum Gasteiger partial charge on any atom is 0.309 e. The van der Waals surface area contributed by atoms with Crippen molar-refractivity contribution in [3.8, 4) is 0 Å². The number of piperidine rings is 2. The van der Waals surface area contributed by atoms with Gasteiger partial charge in [0, 0.05) is 22.2 Å². The number of hydrogen-bond acceptors (Lipinski definition) is 6. The normalized spacial score (nSPS) is 24.4. The van der Waals surface area contributed by atoms with Crippen molar-refractivity contribution in [2.24, 2.45) is 11.8 Å². The number of unbranched alkanes of at least 4 members (excludes halogenated alkanes) is 5. The van der Waals surface area contributed by atoms with Gasteiger partial charge in [-0.25, -0.2) is 0 Å². The molecule has 6 heteroatoms. The summed E-state index contributed by atoms with van der Waals surface area (Å²) >= 11 is 0. The van der Waals surface area contributed by atoms with Gasteiger partial charge in [-0.05, 0) is 108 Å². The summed E-state index contributed by atoms with van der Waals surface area (Å²) in [5.74, 6) is -0.0777. The molecule has 0 aliphatic carbocycles. The van der Waals surface area contributed by atoms with Crippen molar-refractivity contribution in [2.75, 3.05) is 27.3 Å². The van der Waals surface area contributed by atoms with E-state index in [0.29, 0.717) is 13.2 Å². The molecule has 0 unspecified atom stereocenters. The molecule has 0 aromatic carbocycles. The van der Waals surface area contributed by atoms with Crippen LogP contribution in [0.25, 0.3) is 0 Å². The molecule has 2 aliphatic heterocycles. The van der Waals surface area contributed by atoms with E-state index in [9.17, 15) is 9.59 Å². The first-order valence-corrected chi connectivity index (χ1v) is 14.3. The van der Waals surface area contributed by atoms with E-state index >= 15 is 0 Å². The van der Waals surface area contributed by atoms with Gasteiger partial charge in [0.05, 0.1) is 25.0 Å². The van der Waals surface area contributed by atoms with Crippen molar-refractivity contribution in [1.82, 2.24) is 9.80 Å². The van der Waals surface area contributed by atoms with Gasteiger partial charge in [0.25, 0.3) is 0 Å². The smallest absolute Gasteiger partial charge is 0.309 e. The first-order valence-electron chi connectivity index (χ1n) is 14.3. The molecule has 0 spiro atoms. The number of nitrogens with zero attached hydrogens (tertiary/aromatic N) is 2. The van der Waals surface area contributed by atoms with Crippen molar-refractivity contribution in [2.45, 2.75) is 142 Å². The summed E-state index contributed by atoms with van der Waals surface area (Å²) in [6, 6.07) is 0. The van der Waals surface area contributed by atoms with Crippen molar-refractivity contribution in [3.05, 3.63) is 0 Å². The second-order valence-corrected chi connectivity index (χ2v) is 14.0. The highest BCUT2D eigenvalue weighted by molar-refractivity contribution is 5.73. The van der Waals surface area contributed by atoms with Crippen LogP contribution >= 0.6 is 0 Å². The Bertz CT molecular complexity index is 645. The largest absolute Gasteiger partial charge is 0.465 e. The maximum absolute atomic E-state index is 12.7. The fraction of sp³-hybridized carbons (Fsp3) is 0.933. The molecule has 2 saturated heterocycles. The first kappa shape index (κ1) is 31.1. The number of ether oxygens (including phenoxy) is 2. The Morgan fingerprint density at radius 2 is 0.806 bits per heavy atom. The zero-order valence-corrected chi connectivity index (χ0v) is 25.2. The van der Waals surface area contributed by atoms with Crippen LogP contribution in [0, 0.1) is 11.8 Å². The quantitative estimate of drug-likeness (QED) is 0.244. The molecule has 36 heavy (non-hydrogen) atoms. The van der Waals surface area contributed by atoms with E-state index in [1.807, 2.05) is 0 Å². The third kappa shape index (κ3) is 8.18. The predicted octanol–water partition coefficient (Wildman–Crippen LogP) is 6.21. The topological polar surface area (TPSA) is 59.1 Å². The van der Waals surface area contributed by atoms with Crippen LogP contribution in [0.3, 0.4) is 0 Å². The molecule has 2 aliphatic rings. The molecule has 0 radical (unpaired) electrons. The van der Waals surface area contributed by atoms with Crippen LogP contribution in [-0.4, -0.2) is 71.2 Å². The highest BCUT2D eigenvalue weighted by Gasteiger charge is 2.46. The van der Waals surface area contributed by atoms with Crippen LogP contribution < -0.4 is 0 Å². The number of rotatable bonds is 11. The van der Waals surface area contributed by atoms with E-state index in [2.05, 4.69) is 79.3 Å². The van der Waals surface area contributed by atoms with Gasteiger partial charge in [0.2, 0.25) is 0 Å². The lowest BCUT2D eigenvalue weighted by atomic mass is 9.74. The van der Waals surface area contributed by atoms with Gasteiger partial charge < -0.3 is 9.47 Å². The zero-order chi connectivity index (χ0) is 27.4. The van der Waals surface area contributed by atoms with Crippen LogP contribution in [-0.2, 0) is 19.1 Å². The SMILES string of the molecule is CN1C(C)(C)CC(C(=O)OCCCCCCCCOC(=O)C2CC(C)(C)N(C)C(C)(C)C2)CC1(C)C. The lowest BCUT2D eigenvalue weighted by molar-refractivity contribution is -0.156. The molecular weight excluding hydrogens is 452 g/mol. The predicted molar refractivity (Wildman–Crippen MR) is 147 cm³/mol. The van der Waals surface area contributed by atoms with Crippen LogP contribution in [0.4, 0.5) is 0 Å². The summed E-state index contributed by atoms with van der Waals surface area (Å²) in [6.45, 7) is 18.7. The third-order valence-corrected chi connectivity index (χ3v) is 9.31. The second-order valence-electron chi connectivity index (χ2n) is 14.0. The second kappa shape index (κ2) is 12.1. The summed E-state index contributed by atoms with van der Waals surface area (Å²) in [6.07, 6.45) is 9.62. The van der Waals surface area contributed by atoms with Gasteiger partial charge in [-0.1, -0.05) is 25.7 Å². The van der Waals surface area contributed by atoms with E-state index in [0.717, 1.165) is 64.2 Å². The van der Waals surface area contributed by atoms with Gasteiger partial charge >= 0.3 is 11.9 Å². The Morgan fingerprint density at radius 3 is 1.08 bits per heavy atom. The molecule has 2 fully saturated rings. The van der Waals surface area contributed by atoms with Crippen molar-refractivity contribution < 1.29 is 19.1 Å². The van der Waals surface area contributed by atoms with Gasteiger partial charge in [-0.2, -0.15) is 0 Å². The summed E-state index contributed by atoms with van der Waals surface area (Å²) in [5.41, 5.74) is 0.000237. The molecule has 0 amide bonds. The van der Waals surface area contributed by atoms with E-state index in [1.165, 1.54) is 0 Å². The molecule has 2 rings (SSSR count). The average molecular weight is 509 g/mol. The highest BCUT2D eigenvalue weighted by Crippen LogP contribution is 2.41. The number of carbonyl (C=O) groups is 2. The minimum atomic E-state index is -0.0255. The number of hydrogen-bond donors (Lipinski definition) is 0. The monoisotopic (exact) mass is 508 g/mol. The van der Waals surface area contributed by atoms with Crippen molar-refractivity contribution in [3.63, 3.8) is 0 Å². The van der Waals surface area contributed by atoms with E-state index < -0.39 is 0 Å². The molecule has 0 N–H and O–H groups in total. The van der Waals surface area contributed by atoms with E-state index in [1.54, 1.807) is 0 Å². The highest BCUT2D eigenvalue weighted by atomic mass is 16.5. The summed E-state index contributed by atoms with van der Waals surface area (Å²) in [5, 5.41) is 0. The van der Waals surface area contributed by atoms with Gasteiger partial charge in [0.15, 0.2) is 0 Å². The van der Waals surface area contributed by atoms with E-state index in [-0.39, 0.29) is 45.9 Å². The van der Waals surface area contributed by atoms with Crippen molar-refractivity contribution >= 4 is 11.9 Å². The third-order valence-electron chi connectivity index (χ3n) is 9.31. The van der Waals surface area contributed by atoms with Gasteiger partial charge in [-0.15, -0.1) is 0 Å². The van der Waals surface area contributed by atoms with E-state index in [4.69, 9.17) is 9.47 Å². The molecule has 0 saturated carbocycles. The Labute approximate surface area is 221 Å². The summed E-state index contributed by atoms with van der Waals surface area (Å²) in [4.78, 5) is 30.1. The number of esters is 2. The lowest BCUT2D eigenvalue weighted by Crippen LogP contribution is -2.59. The molecule has 0 aromatic heterocycles. The molecule has 6 nitrogen and oxygen atoms in total. The van der Waals surface area contributed by atoms with Gasteiger partial charge in [-0.3, -0.25) is 19.4 Å². The molecule has 2 heterocycles. The molecule has 0 atom stereocenters. The minimum Gasteiger partial charge on any atom is -0.465 e. The van der Waals surface area contributed by atoms with Gasteiger partial charge in [0.1, 0.15) is 0 Å². The number of likely N-dealkylation sites (tertiary alicyclic amines) is 2. The Balaban J connectivity index is 1.54. The minimum absolute atomic E-state index is 0.0000593. The molecular formula is C30H56N2O4. The summed E-state index contributed by atoms with van der Waals surface area (Å²) < 4.78 is 11.3. The summed E-state index contributed by atoms with van der Waals surface area (Å²) in [7, 11) is 4.31. The Hall–Kier alpha value is -1.14. The van der Waals surface area contributed by atoms with Crippen LogP contribution in [0.2, 0.25) is 0 Å². The molecule has 210 valence electrons. The van der Waals surface area contributed by atoms with Crippen LogP contribution in [0.5, 0.6) is 0 Å².